The molecule has 24 heavy (non-hydrogen) atoms. The molecule has 0 atom stereocenters. The Morgan fingerprint density at radius 3 is 2.46 bits per heavy atom. The summed E-state index contributed by atoms with van der Waals surface area (Å²) in [6.45, 7) is 0.268. The third kappa shape index (κ3) is 3.60. The second-order valence-corrected chi connectivity index (χ2v) is 5.62. The summed E-state index contributed by atoms with van der Waals surface area (Å²) in [4.78, 5) is 11.8. The second-order valence-electron chi connectivity index (χ2n) is 4.80. The molecule has 0 aliphatic carbocycles. The van der Waals surface area contributed by atoms with Crippen LogP contribution in [-0.2, 0) is 6.54 Å². The van der Waals surface area contributed by atoms with Crippen LogP contribution in [0.15, 0.2) is 51.7 Å². The molecule has 5 nitrogen and oxygen atoms in total. The van der Waals surface area contributed by atoms with Gasteiger partial charge in [-0.15, -0.1) is 5.10 Å². The van der Waals surface area contributed by atoms with E-state index in [1.165, 1.54) is 24.3 Å². The Hall–Kier alpha value is -2.31. The minimum absolute atomic E-state index is 0.107. The van der Waals surface area contributed by atoms with E-state index in [2.05, 4.69) is 5.10 Å². The highest BCUT2D eigenvalue weighted by molar-refractivity contribution is 6.37. The lowest BCUT2D eigenvalue weighted by atomic mass is 10.2. The largest absolute Gasteiger partial charge is 0.489 e. The standard InChI is InChI=1S/C16H11Cl2FN2O3/c17-12-2-1-3-13(18)14(12)23-9-8-21-16(22)24-15(20-21)10-4-6-11(19)7-5-10/h1-7H,8-9H2. The van der Waals surface area contributed by atoms with E-state index < -0.39 is 5.76 Å². The van der Waals surface area contributed by atoms with E-state index in [9.17, 15) is 9.18 Å². The van der Waals surface area contributed by atoms with Crippen LogP contribution in [0.5, 0.6) is 5.75 Å². The average molecular weight is 369 g/mol. The summed E-state index contributed by atoms with van der Waals surface area (Å²) >= 11 is 12.0. The van der Waals surface area contributed by atoms with Crippen LogP contribution >= 0.6 is 23.2 Å². The highest BCUT2D eigenvalue weighted by Gasteiger charge is 2.11. The number of nitrogens with zero attached hydrogens (tertiary/aromatic N) is 2. The van der Waals surface area contributed by atoms with Gasteiger partial charge in [-0.2, -0.15) is 4.68 Å². The molecule has 0 bridgehead atoms. The minimum atomic E-state index is -0.636. The molecule has 0 amide bonds. The van der Waals surface area contributed by atoms with Gasteiger partial charge in [-0.3, -0.25) is 0 Å². The molecule has 0 aliphatic heterocycles. The normalized spacial score (nSPS) is 10.8. The molecule has 1 aromatic heterocycles. The van der Waals surface area contributed by atoms with Crippen LogP contribution in [-0.4, -0.2) is 16.4 Å². The quantitative estimate of drug-likeness (QED) is 0.682. The molecule has 8 heteroatoms. The summed E-state index contributed by atoms with van der Waals surface area (Å²) in [6.07, 6.45) is 0. The monoisotopic (exact) mass is 368 g/mol. The zero-order valence-electron chi connectivity index (χ0n) is 12.2. The van der Waals surface area contributed by atoms with Gasteiger partial charge < -0.3 is 9.15 Å². The van der Waals surface area contributed by atoms with Crippen LogP contribution in [0.25, 0.3) is 11.5 Å². The molecule has 0 aliphatic rings. The average Bonchev–Trinajstić information content (AvgIpc) is 2.92. The van der Waals surface area contributed by atoms with Crippen LogP contribution in [0.1, 0.15) is 0 Å². The molecular formula is C16H11Cl2FN2O3. The van der Waals surface area contributed by atoms with Crippen molar-refractivity contribution in [3.8, 4) is 17.2 Å². The smallest absolute Gasteiger partial charge is 0.437 e. The van der Waals surface area contributed by atoms with Crippen LogP contribution < -0.4 is 10.5 Å². The summed E-state index contributed by atoms with van der Waals surface area (Å²) < 4.78 is 24.6. The number of halogens is 3. The Bertz CT molecular complexity index is 886. The van der Waals surface area contributed by atoms with Crippen LogP contribution in [0.4, 0.5) is 4.39 Å². The number of rotatable bonds is 5. The fourth-order valence-electron chi connectivity index (χ4n) is 2.01. The number of ether oxygens (including phenoxy) is 1. The Kier molecular flexibility index (Phi) is 4.87. The first-order valence-corrected chi connectivity index (χ1v) is 7.71. The molecule has 0 unspecified atom stereocenters. The zero-order chi connectivity index (χ0) is 17.1. The summed E-state index contributed by atoms with van der Waals surface area (Å²) in [5, 5.41) is 4.81. The molecule has 124 valence electrons. The van der Waals surface area contributed by atoms with Gasteiger partial charge in [0.1, 0.15) is 12.4 Å². The molecule has 1 heterocycles. The maximum Gasteiger partial charge on any atom is 0.437 e. The SMILES string of the molecule is O=c1oc(-c2ccc(F)cc2)nn1CCOc1c(Cl)cccc1Cl. The molecule has 0 radical (unpaired) electrons. The van der Waals surface area contributed by atoms with Crippen molar-refractivity contribution in [1.29, 1.82) is 0 Å². The van der Waals surface area contributed by atoms with Crippen molar-refractivity contribution < 1.29 is 13.5 Å². The van der Waals surface area contributed by atoms with E-state index in [4.69, 9.17) is 32.4 Å². The molecule has 0 saturated carbocycles. The second kappa shape index (κ2) is 7.07. The number of aromatic nitrogens is 2. The third-order valence-electron chi connectivity index (χ3n) is 3.17. The van der Waals surface area contributed by atoms with Crippen molar-refractivity contribution in [3.63, 3.8) is 0 Å². The molecule has 2 aromatic carbocycles. The van der Waals surface area contributed by atoms with E-state index in [0.29, 0.717) is 21.4 Å². The van der Waals surface area contributed by atoms with Crippen molar-refractivity contribution in [2.24, 2.45) is 0 Å². The first kappa shape index (κ1) is 16.5. The zero-order valence-corrected chi connectivity index (χ0v) is 13.7. The van der Waals surface area contributed by atoms with Gasteiger partial charge in [0.05, 0.1) is 16.6 Å². The number of hydrogen-bond donors (Lipinski definition) is 0. The Balaban J connectivity index is 1.70. The van der Waals surface area contributed by atoms with Crippen molar-refractivity contribution in [1.82, 2.24) is 9.78 Å². The lowest BCUT2D eigenvalue weighted by Gasteiger charge is -2.08. The first-order valence-electron chi connectivity index (χ1n) is 6.95. The molecule has 0 N–H and O–H groups in total. The van der Waals surface area contributed by atoms with E-state index in [1.807, 2.05) is 0 Å². The van der Waals surface area contributed by atoms with Crippen molar-refractivity contribution in [3.05, 3.63) is 68.9 Å². The predicted octanol–water partition coefficient (Wildman–Crippen LogP) is 4.03. The van der Waals surface area contributed by atoms with Gasteiger partial charge >= 0.3 is 5.76 Å². The fraction of sp³-hybridized carbons (Fsp3) is 0.125. The Labute approximate surface area is 146 Å². The summed E-state index contributed by atoms with van der Waals surface area (Å²) in [5.74, 6) is -0.569. The van der Waals surface area contributed by atoms with E-state index >= 15 is 0 Å². The number of hydrogen-bond acceptors (Lipinski definition) is 4. The van der Waals surface area contributed by atoms with E-state index in [-0.39, 0.29) is 24.9 Å². The molecular weight excluding hydrogens is 358 g/mol. The topological polar surface area (TPSA) is 57.3 Å². The van der Waals surface area contributed by atoms with Gasteiger partial charge in [0.2, 0.25) is 5.89 Å². The lowest BCUT2D eigenvalue weighted by molar-refractivity contribution is 0.286. The summed E-state index contributed by atoms with van der Waals surface area (Å²) in [6, 6.07) is 10.5. The van der Waals surface area contributed by atoms with E-state index in [0.717, 1.165) is 4.68 Å². The van der Waals surface area contributed by atoms with Gasteiger partial charge in [-0.25, -0.2) is 9.18 Å². The van der Waals surface area contributed by atoms with Crippen molar-refractivity contribution in [2.45, 2.75) is 6.54 Å². The van der Waals surface area contributed by atoms with Crippen LogP contribution in [0.3, 0.4) is 0 Å². The van der Waals surface area contributed by atoms with Crippen LogP contribution in [0, 0.1) is 5.82 Å². The Morgan fingerprint density at radius 1 is 1.12 bits per heavy atom. The highest BCUT2D eigenvalue weighted by Crippen LogP contribution is 2.32. The molecule has 3 rings (SSSR count). The van der Waals surface area contributed by atoms with Gasteiger partial charge in [0.25, 0.3) is 0 Å². The third-order valence-corrected chi connectivity index (χ3v) is 3.76. The minimum Gasteiger partial charge on any atom is -0.489 e. The maximum absolute atomic E-state index is 12.9. The van der Waals surface area contributed by atoms with E-state index in [1.54, 1.807) is 18.2 Å². The molecule has 0 spiro atoms. The molecule has 0 fully saturated rings. The predicted molar refractivity (Wildman–Crippen MR) is 88.1 cm³/mol. The van der Waals surface area contributed by atoms with Gasteiger partial charge in [0.15, 0.2) is 5.75 Å². The number of benzene rings is 2. The van der Waals surface area contributed by atoms with Gasteiger partial charge in [-0.05, 0) is 36.4 Å². The number of para-hydroxylation sites is 1. The molecule has 0 saturated heterocycles. The van der Waals surface area contributed by atoms with Crippen LogP contribution in [0.2, 0.25) is 10.0 Å². The van der Waals surface area contributed by atoms with Crippen molar-refractivity contribution in [2.75, 3.05) is 6.61 Å². The summed E-state index contributed by atoms with van der Waals surface area (Å²) in [5.41, 5.74) is 0.502. The lowest BCUT2D eigenvalue weighted by Crippen LogP contribution is -2.20. The maximum atomic E-state index is 12.9. The Morgan fingerprint density at radius 2 is 1.79 bits per heavy atom. The summed E-state index contributed by atoms with van der Waals surface area (Å²) in [7, 11) is 0. The van der Waals surface area contributed by atoms with Crippen molar-refractivity contribution >= 4 is 23.2 Å². The first-order chi connectivity index (χ1) is 11.5. The fourth-order valence-corrected chi connectivity index (χ4v) is 2.52. The highest BCUT2D eigenvalue weighted by atomic mass is 35.5. The van der Waals surface area contributed by atoms with Gasteiger partial charge in [0, 0.05) is 5.56 Å². The van der Waals surface area contributed by atoms with Gasteiger partial charge in [-0.1, -0.05) is 29.3 Å². The molecule has 3 aromatic rings.